The van der Waals surface area contributed by atoms with Crippen LogP contribution in [0.25, 0.3) is 5.65 Å². The van der Waals surface area contributed by atoms with Gasteiger partial charge in [0.1, 0.15) is 18.0 Å². The van der Waals surface area contributed by atoms with Gasteiger partial charge in [-0.1, -0.05) is 29.3 Å². The van der Waals surface area contributed by atoms with Crippen molar-refractivity contribution in [2.24, 2.45) is 0 Å². The van der Waals surface area contributed by atoms with Crippen LogP contribution >= 0.6 is 11.6 Å². The van der Waals surface area contributed by atoms with Crippen molar-refractivity contribution in [3.8, 4) is 17.4 Å². The summed E-state index contributed by atoms with van der Waals surface area (Å²) in [5.74, 6) is 0.761. The minimum absolute atomic E-state index is 0.157. The molecule has 2 aromatic heterocycles. The SMILES string of the molecule is COc1ccc(NC(=O)Cn2nc3c(Oc4ccc(C)cc4)nccn3c2=O)cc1Cl. The smallest absolute Gasteiger partial charge is 0.351 e. The number of nitrogens with one attached hydrogen (secondary N) is 1. The molecule has 4 rings (SSSR count). The molecule has 0 aliphatic heterocycles. The van der Waals surface area contributed by atoms with Crippen LogP contribution in [0.3, 0.4) is 0 Å². The molecule has 0 atom stereocenters. The van der Waals surface area contributed by atoms with E-state index in [0.29, 0.717) is 22.2 Å². The zero-order valence-electron chi connectivity index (χ0n) is 16.7. The van der Waals surface area contributed by atoms with Gasteiger partial charge < -0.3 is 14.8 Å². The first-order chi connectivity index (χ1) is 14.9. The van der Waals surface area contributed by atoms with Gasteiger partial charge in [0, 0.05) is 18.1 Å². The number of halogens is 1. The van der Waals surface area contributed by atoms with E-state index >= 15 is 0 Å². The molecule has 1 amide bonds. The van der Waals surface area contributed by atoms with Crippen LogP contribution in [0.2, 0.25) is 5.02 Å². The average molecular weight is 440 g/mol. The van der Waals surface area contributed by atoms with E-state index in [1.165, 1.54) is 23.9 Å². The van der Waals surface area contributed by atoms with Crippen LogP contribution in [-0.4, -0.2) is 32.2 Å². The molecule has 9 nitrogen and oxygen atoms in total. The highest BCUT2D eigenvalue weighted by Crippen LogP contribution is 2.27. The Morgan fingerprint density at radius 1 is 1.19 bits per heavy atom. The van der Waals surface area contributed by atoms with Crippen molar-refractivity contribution in [1.82, 2.24) is 19.2 Å². The predicted octanol–water partition coefficient (Wildman–Crippen LogP) is 3.29. The second-order valence-electron chi connectivity index (χ2n) is 6.68. The van der Waals surface area contributed by atoms with Gasteiger partial charge >= 0.3 is 5.69 Å². The number of hydrogen-bond acceptors (Lipinski definition) is 6. The Labute approximate surface area is 181 Å². The summed E-state index contributed by atoms with van der Waals surface area (Å²) in [4.78, 5) is 29.3. The molecule has 0 aliphatic rings. The summed E-state index contributed by atoms with van der Waals surface area (Å²) in [6.45, 7) is 1.67. The van der Waals surface area contributed by atoms with Crippen LogP contribution in [0.5, 0.6) is 17.4 Å². The lowest BCUT2D eigenvalue weighted by molar-refractivity contribution is -0.117. The Hall–Kier alpha value is -3.85. The first-order valence-corrected chi connectivity index (χ1v) is 9.64. The second kappa shape index (κ2) is 8.49. The summed E-state index contributed by atoms with van der Waals surface area (Å²) in [5.41, 5.74) is 1.27. The third-order valence-corrected chi connectivity index (χ3v) is 4.73. The van der Waals surface area contributed by atoms with Crippen molar-refractivity contribution < 1.29 is 14.3 Å². The number of methoxy groups -OCH3 is 1. The molecule has 0 spiro atoms. The molecule has 0 unspecified atom stereocenters. The van der Waals surface area contributed by atoms with E-state index < -0.39 is 11.6 Å². The molecule has 0 bridgehead atoms. The molecule has 10 heteroatoms. The Morgan fingerprint density at radius 3 is 2.68 bits per heavy atom. The number of hydrogen-bond donors (Lipinski definition) is 1. The molecule has 0 fully saturated rings. The van der Waals surface area contributed by atoms with Gasteiger partial charge in [0.05, 0.1) is 12.1 Å². The van der Waals surface area contributed by atoms with Crippen LogP contribution in [0.1, 0.15) is 5.56 Å². The number of aromatic nitrogens is 4. The standard InChI is InChI=1S/C21H18ClN5O4/c1-13-3-6-15(7-4-13)31-20-19-25-27(21(29)26(19)10-9-23-20)12-18(28)24-14-5-8-17(30-2)16(22)11-14/h3-11H,12H2,1-2H3,(H,24,28). The Balaban J connectivity index is 1.56. The van der Waals surface area contributed by atoms with Gasteiger partial charge in [0.15, 0.2) is 0 Å². The Kier molecular flexibility index (Phi) is 5.59. The molecule has 31 heavy (non-hydrogen) atoms. The van der Waals surface area contributed by atoms with Gasteiger partial charge in [-0.3, -0.25) is 4.79 Å². The summed E-state index contributed by atoms with van der Waals surface area (Å²) in [6.07, 6.45) is 2.90. The number of fused-ring (bicyclic) bond motifs is 1. The molecule has 158 valence electrons. The van der Waals surface area contributed by atoms with E-state index in [4.69, 9.17) is 21.1 Å². The van der Waals surface area contributed by atoms with E-state index in [0.717, 1.165) is 10.2 Å². The van der Waals surface area contributed by atoms with Crippen LogP contribution in [-0.2, 0) is 11.3 Å². The van der Waals surface area contributed by atoms with Crippen LogP contribution in [0.15, 0.2) is 59.7 Å². The predicted molar refractivity (Wildman–Crippen MR) is 115 cm³/mol. The number of carbonyl (C=O) groups is 1. The van der Waals surface area contributed by atoms with Crippen molar-refractivity contribution in [2.45, 2.75) is 13.5 Å². The molecule has 0 saturated carbocycles. The molecule has 0 radical (unpaired) electrons. The number of aryl methyl sites for hydroxylation is 1. The second-order valence-corrected chi connectivity index (χ2v) is 7.09. The number of benzene rings is 2. The fraction of sp³-hybridized carbons (Fsp3) is 0.143. The molecule has 2 aromatic carbocycles. The number of rotatable bonds is 6. The maximum Gasteiger partial charge on any atom is 0.351 e. The summed E-state index contributed by atoms with van der Waals surface area (Å²) in [5, 5.41) is 7.26. The normalized spacial score (nSPS) is 10.8. The van der Waals surface area contributed by atoms with Crippen molar-refractivity contribution >= 4 is 28.8 Å². The maximum atomic E-state index is 12.7. The van der Waals surface area contributed by atoms with E-state index in [2.05, 4.69) is 15.4 Å². The highest BCUT2D eigenvalue weighted by Gasteiger charge is 2.16. The Morgan fingerprint density at radius 2 is 1.97 bits per heavy atom. The lowest BCUT2D eigenvalue weighted by Gasteiger charge is -2.07. The lowest BCUT2D eigenvalue weighted by atomic mass is 10.2. The summed E-state index contributed by atoms with van der Waals surface area (Å²) >= 11 is 6.08. The van der Waals surface area contributed by atoms with Crippen molar-refractivity contribution in [1.29, 1.82) is 0 Å². The van der Waals surface area contributed by atoms with Gasteiger partial charge in [-0.25, -0.2) is 18.9 Å². The molecular weight excluding hydrogens is 422 g/mol. The zero-order chi connectivity index (χ0) is 22.0. The fourth-order valence-electron chi connectivity index (χ4n) is 2.90. The monoisotopic (exact) mass is 439 g/mol. The van der Waals surface area contributed by atoms with Crippen molar-refractivity contribution in [3.05, 3.63) is 75.9 Å². The zero-order valence-corrected chi connectivity index (χ0v) is 17.5. The largest absolute Gasteiger partial charge is 0.495 e. The van der Waals surface area contributed by atoms with Crippen LogP contribution in [0, 0.1) is 6.92 Å². The van der Waals surface area contributed by atoms with Gasteiger partial charge in [0.2, 0.25) is 11.6 Å². The number of carbonyl (C=O) groups excluding carboxylic acids is 1. The molecule has 2 heterocycles. The number of nitrogens with zero attached hydrogens (tertiary/aromatic N) is 4. The molecule has 4 aromatic rings. The topological polar surface area (TPSA) is 99.8 Å². The molecule has 0 aliphatic carbocycles. The number of amides is 1. The number of anilines is 1. The van der Waals surface area contributed by atoms with E-state index in [1.807, 2.05) is 19.1 Å². The summed E-state index contributed by atoms with van der Waals surface area (Å²) < 4.78 is 13.2. The first kappa shape index (κ1) is 20.4. The summed E-state index contributed by atoms with van der Waals surface area (Å²) in [7, 11) is 1.50. The minimum atomic E-state index is -0.492. The Bertz CT molecular complexity index is 1310. The van der Waals surface area contributed by atoms with Gasteiger partial charge in [-0.15, -0.1) is 5.10 Å². The third-order valence-electron chi connectivity index (χ3n) is 4.43. The van der Waals surface area contributed by atoms with E-state index in [-0.39, 0.29) is 18.1 Å². The molecule has 0 saturated heterocycles. The quantitative estimate of drug-likeness (QED) is 0.495. The molecular formula is C21H18ClN5O4. The van der Waals surface area contributed by atoms with Crippen LogP contribution < -0.4 is 20.5 Å². The molecule has 1 N–H and O–H groups in total. The van der Waals surface area contributed by atoms with E-state index in [1.54, 1.807) is 30.3 Å². The number of ether oxygens (including phenoxy) is 2. The minimum Gasteiger partial charge on any atom is -0.495 e. The van der Waals surface area contributed by atoms with Gasteiger partial charge in [-0.05, 0) is 37.3 Å². The van der Waals surface area contributed by atoms with Crippen molar-refractivity contribution in [3.63, 3.8) is 0 Å². The third kappa shape index (κ3) is 4.36. The average Bonchev–Trinajstić information content (AvgIpc) is 3.06. The first-order valence-electron chi connectivity index (χ1n) is 9.26. The van der Waals surface area contributed by atoms with Crippen LogP contribution in [0.4, 0.5) is 5.69 Å². The van der Waals surface area contributed by atoms with Crippen molar-refractivity contribution in [2.75, 3.05) is 12.4 Å². The highest BCUT2D eigenvalue weighted by atomic mass is 35.5. The lowest BCUT2D eigenvalue weighted by Crippen LogP contribution is -2.28. The summed E-state index contributed by atoms with van der Waals surface area (Å²) in [6, 6.07) is 12.2. The fourth-order valence-corrected chi connectivity index (χ4v) is 3.16. The van der Waals surface area contributed by atoms with E-state index in [9.17, 15) is 9.59 Å². The maximum absolute atomic E-state index is 12.7. The van der Waals surface area contributed by atoms with Gasteiger partial charge in [-0.2, -0.15) is 0 Å². The van der Waals surface area contributed by atoms with Gasteiger partial charge in [0.25, 0.3) is 5.88 Å². The highest BCUT2D eigenvalue weighted by molar-refractivity contribution is 6.32.